The quantitative estimate of drug-likeness (QED) is 0.220. The van der Waals surface area contributed by atoms with Crippen molar-refractivity contribution in [2.24, 2.45) is 5.92 Å². The van der Waals surface area contributed by atoms with Crippen molar-refractivity contribution in [3.63, 3.8) is 0 Å². The smallest absolute Gasteiger partial charge is 0.311 e. The molecule has 10 heteroatoms. The van der Waals surface area contributed by atoms with E-state index < -0.39 is 66.8 Å². The Morgan fingerprint density at radius 2 is 1.16 bits per heavy atom. The van der Waals surface area contributed by atoms with Gasteiger partial charge in [-0.05, 0) is 51.5 Å². The van der Waals surface area contributed by atoms with Gasteiger partial charge in [-0.2, -0.15) is 0 Å². The summed E-state index contributed by atoms with van der Waals surface area (Å²) in [6, 6.07) is 0. The maximum atomic E-state index is 12.9. The number of allylic oxidation sites excluding steroid dienone is 8. The van der Waals surface area contributed by atoms with Crippen LogP contribution in [-0.4, -0.2) is 102 Å². The van der Waals surface area contributed by atoms with Gasteiger partial charge in [0.05, 0.1) is 48.6 Å². The summed E-state index contributed by atoms with van der Waals surface area (Å²) < 4.78 is 5.45. The Balaban J connectivity index is 3.06. The Labute approximate surface area is 256 Å². The fourth-order valence-electron chi connectivity index (χ4n) is 4.83. The molecular weight excluding hydrogens is 556 g/mol. The zero-order valence-corrected chi connectivity index (χ0v) is 25.7. The molecule has 1 aliphatic heterocycles. The van der Waals surface area contributed by atoms with Crippen LogP contribution >= 0.6 is 0 Å². The van der Waals surface area contributed by atoms with Gasteiger partial charge in [0.1, 0.15) is 12.2 Å². The summed E-state index contributed by atoms with van der Waals surface area (Å²) in [6.45, 7) is 5.21. The van der Waals surface area contributed by atoms with Gasteiger partial charge >= 0.3 is 5.97 Å². The summed E-state index contributed by atoms with van der Waals surface area (Å²) in [6.07, 6.45) is 6.60. The van der Waals surface area contributed by atoms with Gasteiger partial charge in [-0.3, -0.25) is 4.79 Å². The third-order valence-corrected chi connectivity index (χ3v) is 7.46. The third-order valence-electron chi connectivity index (χ3n) is 7.46. The first-order valence-electron chi connectivity index (χ1n) is 15.3. The van der Waals surface area contributed by atoms with Crippen LogP contribution in [0.4, 0.5) is 0 Å². The number of esters is 1. The maximum Gasteiger partial charge on any atom is 0.311 e. The number of rotatable bonds is 3. The molecule has 10 atom stereocenters. The van der Waals surface area contributed by atoms with Gasteiger partial charge in [0.2, 0.25) is 0 Å². The van der Waals surface area contributed by atoms with E-state index in [1.807, 2.05) is 6.92 Å². The Kier molecular flexibility index (Phi) is 19.5. The largest absolute Gasteiger partial charge is 0.459 e. The fourth-order valence-corrected chi connectivity index (χ4v) is 4.83. The molecule has 0 saturated carbocycles. The van der Waals surface area contributed by atoms with Crippen LogP contribution in [0.2, 0.25) is 0 Å². The van der Waals surface area contributed by atoms with Crippen LogP contribution in [0.3, 0.4) is 0 Å². The van der Waals surface area contributed by atoms with Crippen LogP contribution in [0.5, 0.6) is 0 Å². The molecular formula is C33H54O10. The van der Waals surface area contributed by atoms with Gasteiger partial charge in [0.25, 0.3) is 0 Å². The Hall–Kier alpha value is -2.15. The minimum atomic E-state index is -1.25. The van der Waals surface area contributed by atoms with Crippen LogP contribution in [0.15, 0.2) is 60.3 Å². The molecule has 8 N–H and O–H groups in total. The van der Waals surface area contributed by atoms with Crippen molar-refractivity contribution in [2.75, 3.05) is 0 Å². The summed E-state index contributed by atoms with van der Waals surface area (Å²) in [5, 5.41) is 83.5. The predicted molar refractivity (Wildman–Crippen MR) is 165 cm³/mol. The van der Waals surface area contributed by atoms with E-state index in [2.05, 4.69) is 0 Å². The third kappa shape index (κ3) is 17.1. The number of carbonyl (C=O) groups is 1. The molecule has 0 aliphatic carbocycles. The fraction of sp³-hybridized carbons (Fsp3) is 0.667. The molecule has 1 rings (SSSR count). The summed E-state index contributed by atoms with van der Waals surface area (Å²) in [5.41, 5.74) is 0.622. The van der Waals surface area contributed by atoms with Crippen molar-refractivity contribution >= 4 is 5.97 Å². The van der Waals surface area contributed by atoms with E-state index >= 15 is 0 Å². The molecule has 0 aromatic carbocycles. The lowest BCUT2D eigenvalue weighted by atomic mass is 9.90. The monoisotopic (exact) mass is 610 g/mol. The van der Waals surface area contributed by atoms with E-state index in [1.165, 1.54) is 6.08 Å². The summed E-state index contributed by atoms with van der Waals surface area (Å²) in [7, 11) is 0. The van der Waals surface area contributed by atoms with Crippen molar-refractivity contribution < 1.29 is 50.4 Å². The highest BCUT2D eigenvalue weighted by molar-refractivity contribution is 5.73. The van der Waals surface area contributed by atoms with Gasteiger partial charge in [-0.25, -0.2) is 0 Å². The lowest BCUT2D eigenvalue weighted by molar-refractivity contribution is -0.162. The molecule has 0 amide bonds. The van der Waals surface area contributed by atoms with Crippen LogP contribution in [-0.2, 0) is 9.53 Å². The van der Waals surface area contributed by atoms with Crippen LogP contribution in [0, 0.1) is 5.92 Å². The number of hydrogen-bond acceptors (Lipinski definition) is 10. The van der Waals surface area contributed by atoms with Crippen LogP contribution < -0.4 is 0 Å². The van der Waals surface area contributed by atoms with Crippen molar-refractivity contribution in [3.8, 4) is 0 Å². The lowest BCUT2D eigenvalue weighted by Crippen LogP contribution is -2.37. The number of aliphatic hydroxyl groups excluding tert-OH is 8. The van der Waals surface area contributed by atoms with Gasteiger partial charge in [0, 0.05) is 12.8 Å². The second kappa shape index (κ2) is 21.5. The number of unbranched alkanes of at least 4 members (excludes halogenated alkanes) is 1. The Bertz CT molecular complexity index is 927. The molecule has 0 aromatic heterocycles. The van der Waals surface area contributed by atoms with E-state index in [1.54, 1.807) is 62.5 Å². The Morgan fingerprint density at radius 1 is 0.698 bits per heavy atom. The summed E-state index contributed by atoms with van der Waals surface area (Å²) in [5.74, 6) is -1.62. The van der Waals surface area contributed by atoms with E-state index in [4.69, 9.17) is 4.74 Å². The lowest BCUT2D eigenvalue weighted by Gasteiger charge is -2.27. The topological polar surface area (TPSA) is 188 Å². The molecule has 0 aromatic rings. The zero-order chi connectivity index (χ0) is 32.4. The van der Waals surface area contributed by atoms with Crippen molar-refractivity contribution in [2.45, 2.75) is 133 Å². The minimum Gasteiger partial charge on any atom is -0.459 e. The molecule has 43 heavy (non-hydrogen) atoms. The highest BCUT2D eigenvalue weighted by atomic mass is 16.6. The van der Waals surface area contributed by atoms with Crippen molar-refractivity contribution in [1.29, 1.82) is 0 Å². The number of ether oxygens (including phenoxy) is 1. The van der Waals surface area contributed by atoms with E-state index in [9.17, 15) is 45.6 Å². The highest BCUT2D eigenvalue weighted by Crippen LogP contribution is 2.23. The molecule has 1 aliphatic rings. The second-order valence-corrected chi connectivity index (χ2v) is 11.6. The van der Waals surface area contributed by atoms with Crippen LogP contribution in [0.1, 0.15) is 78.6 Å². The average molecular weight is 611 g/mol. The van der Waals surface area contributed by atoms with Crippen LogP contribution in [0.25, 0.3) is 0 Å². The number of carbonyl (C=O) groups excluding carboxylic acids is 1. The van der Waals surface area contributed by atoms with E-state index in [-0.39, 0.29) is 38.5 Å². The van der Waals surface area contributed by atoms with Crippen molar-refractivity contribution in [1.82, 2.24) is 0 Å². The van der Waals surface area contributed by atoms with Gasteiger partial charge < -0.3 is 45.6 Å². The van der Waals surface area contributed by atoms with Crippen molar-refractivity contribution in [3.05, 3.63) is 60.3 Å². The molecule has 0 saturated heterocycles. The van der Waals surface area contributed by atoms with Gasteiger partial charge in [-0.1, -0.05) is 74.4 Å². The molecule has 0 bridgehead atoms. The Morgan fingerprint density at radius 3 is 1.70 bits per heavy atom. The highest BCUT2D eigenvalue weighted by Gasteiger charge is 2.32. The number of cyclic esters (lactones) is 1. The molecule has 0 spiro atoms. The number of hydrogen-bond donors (Lipinski definition) is 8. The first-order valence-corrected chi connectivity index (χ1v) is 15.3. The van der Waals surface area contributed by atoms with Gasteiger partial charge in [0.15, 0.2) is 0 Å². The molecule has 1 unspecified atom stereocenters. The maximum absolute atomic E-state index is 12.9. The van der Waals surface area contributed by atoms with Gasteiger partial charge in [-0.15, -0.1) is 0 Å². The summed E-state index contributed by atoms with van der Waals surface area (Å²) >= 11 is 0. The standard InChI is InChI=1S/C33H54O10/c1-4-5-14-29-32(41)21-28(38)19-26(36)17-24(34)16-25(35)18-27(37)20-31(40)22(2)13-11-9-7-6-8-10-12-15-30(39)23(3)43-33(29)42/h6-13,15,23-32,34-41H,4-5,14,16-21H2,1-3H3/b7-6+,10-8+,11-9+,15-12+,22-13-/t23?,24-,25+,26-,27+,28-,29+,30-,31-,32-/m0/s1. The number of aliphatic hydroxyl groups is 8. The molecule has 0 radical (unpaired) electrons. The van der Waals surface area contributed by atoms with E-state index in [0.717, 1.165) is 6.42 Å². The molecule has 1 heterocycles. The average Bonchev–Trinajstić information content (AvgIpc) is 2.90. The molecule has 246 valence electrons. The molecule has 10 nitrogen and oxygen atoms in total. The first kappa shape index (κ1) is 38.9. The SMILES string of the molecule is CCCC[C@H]1C(=O)OC(C)[C@@H](O)/C=C/C=C/C=C/C=C/C=C(/C)[C@@H](O)C[C@H](O)C[C@H](O)C[C@H](O)C[C@H](O)C[C@H](O)C[C@@H]1O. The normalized spacial score (nSPS) is 39.7. The predicted octanol–water partition coefficient (Wildman–Crippen LogP) is 2.14. The summed E-state index contributed by atoms with van der Waals surface area (Å²) in [4.78, 5) is 12.9. The minimum absolute atomic E-state index is 0.00262. The zero-order valence-electron chi connectivity index (χ0n) is 25.7. The molecule has 0 fully saturated rings. The van der Waals surface area contributed by atoms with E-state index in [0.29, 0.717) is 18.4 Å². The second-order valence-electron chi connectivity index (χ2n) is 11.6. The first-order chi connectivity index (χ1) is 20.3.